The molecule has 1 saturated heterocycles. The molecule has 2 fully saturated rings. The molecule has 23 heavy (non-hydrogen) atoms. The molecule has 7 heteroatoms. The first-order valence-corrected chi connectivity index (χ1v) is 7.76. The number of rotatable bonds is 4. The number of aliphatic carboxylic acids is 1. The molecule has 1 saturated carbocycles. The molecule has 1 heterocycles. The van der Waals surface area contributed by atoms with Gasteiger partial charge in [-0.25, -0.2) is 9.59 Å². The maximum atomic E-state index is 12.5. The van der Waals surface area contributed by atoms with E-state index in [2.05, 4.69) is 10.6 Å². The van der Waals surface area contributed by atoms with Gasteiger partial charge in [0.05, 0.1) is 0 Å². The van der Waals surface area contributed by atoms with Crippen molar-refractivity contribution in [2.45, 2.75) is 37.8 Å². The fourth-order valence-electron chi connectivity index (χ4n) is 2.74. The Labute approximate surface area is 133 Å². The summed E-state index contributed by atoms with van der Waals surface area (Å²) in [6, 6.07) is 5.77. The van der Waals surface area contributed by atoms with E-state index >= 15 is 0 Å². The molecule has 0 radical (unpaired) electrons. The monoisotopic (exact) mass is 317 g/mol. The molecule has 1 aliphatic heterocycles. The Morgan fingerprint density at radius 1 is 1.17 bits per heavy atom. The van der Waals surface area contributed by atoms with E-state index in [9.17, 15) is 19.5 Å². The Morgan fingerprint density at radius 2 is 1.96 bits per heavy atom. The number of nitrogens with one attached hydrogen (secondary N) is 2. The first kappa shape index (κ1) is 15.3. The molecule has 0 bridgehead atoms. The lowest BCUT2D eigenvalue weighted by molar-refractivity contribution is -0.141. The zero-order chi connectivity index (χ0) is 16.4. The number of hydrogen-bond acceptors (Lipinski definition) is 3. The molecule has 3 N–H and O–H groups in total. The number of carbonyl (C=O) groups is 3. The van der Waals surface area contributed by atoms with E-state index in [1.165, 1.54) is 4.90 Å². The summed E-state index contributed by atoms with van der Waals surface area (Å²) in [5, 5.41) is 14.7. The predicted octanol–water partition coefficient (Wildman–Crippen LogP) is 1.66. The molecule has 3 rings (SSSR count). The summed E-state index contributed by atoms with van der Waals surface area (Å²) in [4.78, 5) is 36.9. The number of carbonyl (C=O) groups excluding carboxylic acids is 2. The van der Waals surface area contributed by atoms with Gasteiger partial charge in [-0.15, -0.1) is 0 Å². The van der Waals surface area contributed by atoms with Gasteiger partial charge >= 0.3 is 12.0 Å². The van der Waals surface area contributed by atoms with Crippen molar-refractivity contribution in [2.24, 2.45) is 0 Å². The normalized spacial score (nSPS) is 20.2. The van der Waals surface area contributed by atoms with Crippen molar-refractivity contribution >= 4 is 23.6 Å². The lowest BCUT2D eigenvalue weighted by atomic mass is 10.1. The van der Waals surface area contributed by atoms with Crippen LogP contribution in [0.5, 0.6) is 0 Å². The fraction of sp³-hybridized carbons (Fsp3) is 0.438. The number of hydrogen-bond donors (Lipinski definition) is 3. The predicted molar refractivity (Wildman–Crippen MR) is 83.3 cm³/mol. The van der Waals surface area contributed by atoms with Crippen LogP contribution >= 0.6 is 0 Å². The number of amides is 3. The molecule has 1 aromatic rings. The van der Waals surface area contributed by atoms with Crippen molar-refractivity contribution in [2.75, 3.05) is 11.9 Å². The van der Waals surface area contributed by atoms with Gasteiger partial charge < -0.3 is 20.6 Å². The molecule has 1 aromatic carbocycles. The number of urea groups is 1. The maximum absolute atomic E-state index is 12.5. The lowest BCUT2D eigenvalue weighted by Gasteiger charge is -2.21. The number of carboxylic acid groups (broad SMARTS) is 1. The van der Waals surface area contributed by atoms with E-state index in [1.807, 2.05) is 0 Å². The van der Waals surface area contributed by atoms with Gasteiger partial charge in [0.15, 0.2) is 0 Å². The third-order valence-corrected chi connectivity index (χ3v) is 4.08. The SMILES string of the molecule is O=C(Nc1cccc(C(=O)N2CCC[C@H]2C(=O)O)c1)NC1CC1. The van der Waals surface area contributed by atoms with Crippen LogP contribution in [0.1, 0.15) is 36.0 Å². The summed E-state index contributed by atoms with van der Waals surface area (Å²) >= 11 is 0. The third-order valence-electron chi connectivity index (χ3n) is 4.08. The Bertz CT molecular complexity index is 642. The highest BCUT2D eigenvalue weighted by atomic mass is 16.4. The van der Waals surface area contributed by atoms with Crippen LogP contribution in [-0.4, -0.2) is 46.5 Å². The highest BCUT2D eigenvalue weighted by molar-refractivity contribution is 5.99. The highest BCUT2D eigenvalue weighted by Crippen LogP contribution is 2.22. The van der Waals surface area contributed by atoms with Crippen molar-refractivity contribution in [3.05, 3.63) is 29.8 Å². The van der Waals surface area contributed by atoms with Crippen LogP contribution in [0, 0.1) is 0 Å². The molecule has 122 valence electrons. The third kappa shape index (κ3) is 3.61. The topological polar surface area (TPSA) is 98.7 Å². The van der Waals surface area contributed by atoms with Crippen LogP contribution in [0.3, 0.4) is 0 Å². The summed E-state index contributed by atoms with van der Waals surface area (Å²) < 4.78 is 0. The minimum Gasteiger partial charge on any atom is -0.480 e. The van der Waals surface area contributed by atoms with Gasteiger partial charge in [0.2, 0.25) is 0 Å². The first-order chi connectivity index (χ1) is 11.0. The van der Waals surface area contributed by atoms with Crippen molar-refractivity contribution in [1.29, 1.82) is 0 Å². The summed E-state index contributed by atoms with van der Waals surface area (Å²) in [6.45, 7) is 0.440. The average Bonchev–Trinajstić information content (AvgIpc) is 3.17. The average molecular weight is 317 g/mol. The number of likely N-dealkylation sites (tertiary alicyclic amines) is 1. The van der Waals surface area contributed by atoms with E-state index < -0.39 is 12.0 Å². The van der Waals surface area contributed by atoms with Crippen LogP contribution < -0.4 is 10.6 Å². The largest absolute Gasteiger partial charge is 0.480 e. The zero-order valence-corrected chi connectivity index (χ0v) is 12.6. The minimum absolute atomic E-state index is 0.251. The Hall–Kier alpha value is -2.57. The highest BCUT2D eigenvalue weighted by Gasteiger charge is 2.34. The number of nitrogens with zero attached hydrogens (tertiary/aromatic N) is 1. The van der Waals surface area contributed by atoms with Crippen LogP contribution in [0.4, 0.5) is 10.5 Å². The van der Waals surface area contributed by atoms with E-state index in [1.54, 1.807) is 24.3 Å². The van der Waals surface area contributed by atoms with Crippen molar-refractivity contribution in [1.82, 2.24) is 10.2 Å². The van der Waals surface area contributed by atoms with Gasteiger partial charge in [0.1, 0.15) is 6.04 Å². The molecule has 7 nitrogen and oxygen atoms in total. The maximum Gasteiger partial charge on any atom is 0.326 e. The summed E-state index contributed by atoms with van der Waals surface area (Å²) in [5.74, 6) is -1.30. The molecular weight excluding hydrogens is 298 g/mol. The van der Waals surface area contributed by atoms with E-state index in [0.29, 0.717) is 30.6 Å². The summed E-state index contributed by atoms with van der Waals surface area (Å²) in [7, 11) is 0. The molecule has 1 atom stereocenters. The second-order valence-corrected chi connectivity index (χ2v) is 5.95. The van der Waals surface area contributed by atoms with Gasteiger partial charge in [0, 0.05) is 23.8 Å². The van der Waals surface area contributed by atoms with Crippen molar-refractivity contribution in [3.63, 3.8) is 0 Å². The molecule has 1 aliphatic carbocycles. The van der Waals surface area contributed by atoms with Gasteiger partial charge in [-0.05, 0) is 43.9 Å². The Morgan fingerprint density at radius 3 is 2.65 bits per heavy atom. The Balaban J connectivity index is 1.69. The van der Waals surface area contributed by atoms with Crippen molar-refractivity contribution < 1.29 is 19.5 Å². The molecular formula is C16H19N3O4. The number of anilines is 1. The number of benzene rings is 1. The fourth-order valence-corrected chi connectivity index (χ4v) is 2.74. The molecule has 0 aromatic heterocycles. The molecule has 0 spiro atoms. The van der Waals surface area contributed by atoms with Gasteiger partial charge in [-0.1, -0.05) is 6.07 Å². The van der Waals surface area contributed by atoms with Crippen LogP contribution in [0.15, 0.2) is 24.3 Å². The Kier molecular flexibility index (Phi) is 4.18. The van der Waals surface area contributed by atoms with Gasteiger partial charge in [0.25, 0.3) is 5.91 Å². The van der Waals surface area contributed by atoms with E-state index in [4.69, 9.17) is 0 Å². The smallest absolute Gasteiger partial charge is 0.326 e. The van der Waals surface area contributed by atoms with Crippen LogP contribution in [0.2, 0.25) is 0 Å². The van der Waals surface area contributed by atoms with Crippen molar-refractivity contribution in [3.8, 4) is 0 Å². The second kappa shape index (κ2) is 6.28. The van der Waals surface area contributed by atoms with Crippen LogP contribution in [-0.2, 0) is 4.79 Å². The standard InChI is InChI=1S/C16H19N3O4/c20-14(19-8-2-5-13(19)15(21)22)10-3-1-4-12(9-10)18-16(23)17-11-6-7-11/h1,3-4,9,11,13H,2,5-8H2,(H,21,22)(H2,17,18,23)/t13-/m0/s1. The lowest BCUT2D eigenvalue weighted by Crippen LogP contribution is -2.40. The summed E-state index contributed by atoms with van der Waals surface area (Å²) in [5.41, 5.74) is 0.891. The molecule has 2 aliphatic rings. The number of carboxylic acids is 1. The molecule has 3 amide bonds. The van der Waals surface area contributed by atoms with Crippen LogP contribution in [0.25, 0.3) is 0 Å². The molecule has 0 unspecified atom stereocenters. The van der Waals surface area contributed by atoms with Gasteiger partial charge in [-0.2, -0.15) is 0 Å². The van der Waals surface area contributed by atoms with E-state index in [0.717, 1.165) is 12.8 Å². The first-order valence-electron chi connectivity index (χ1n) is 7.76. The minimum atomic E-state index is -0.978. The second-order valence-electron chi connectivity index (χ2n) is 5.95. The summed E-state index contributed by atoms with van der Waals surface area (Å²) in [6.07, 6.45) is 3.15. The van der Waals surface area contributed by atoms with Gasteiger partial charge in [-0.3, -0.25) is 4.79 Å². The van der Waals surface area contributed by atoms with E-state index in [-0.39, 0.29) is 18.0 Å². The zero-order valence-electron chi connectivity index (χ0n) is 12.6. The quantitative estimate of drug-likeness (QED) is 0.786.